The van der Waals surface area contributed by atoms with Gasteiger partial charge in [-0.3, -0.25) is 18.9 Å². The first-order chi connectivity index (χ1) is 17.9. The van der Waals surface area contributed by atoms with Gasteiger partial charge >= 0.3 is 12.4 Å². The van der Waals surface area contributed by atoms with Crippen LogP contribution in [-0.2, 0) is 27.1 Å². The summed E-state index contributed by atoms with van der Waals surface area (Å²) in [4.78, 5) is 22.3. The average Bonchev–Trinajstić information content (AvgIpc) is 3.27. The van der Waals surface area contributed by atoms with E-state index in [0.717, 1.165) is 12.3 Å². The average molecular weight is 602 g/mol. The molecule has 5 rings (SSSR count). The van der Waals surface area contributed by atoms with E-state index in [9.17, 15) is 40.2 Å². The minimum absolute atomic E-state index is 0.0328. The molecule has 1 amide bonds. The molecule has 3 aliphatic rings. The van der Waals surface area contributed by atoms with Crippen LogP contribution in [0.5, 0.6) is 0 Å². The molecule has 0 spiro atoms. The smallest absolute Gasteiger partial charge is 0.374 e. The molecule has 0 saturated carbocycles. The Labute approximate surface area is 222 Å². The van der Waals surface area contributed by atoms with Gasteiger partial charge in [0.1, 0.15) is 0 Å². The molecule has 7 nitrogen and oxygen atoms in total. The SMILES string of the molecule is O=C(C1CS(O)(O)C1)N1CC(F)(c2ccc(C3=NOC(c4ccc(Cl)c(C(F)(F)F)c4)(C(F)(F)F)C3)cn2)C1. The first-order valence-electron chi connectivity index (χ1n) is 11.3. The van der Waals surface area contributed by atoms with Crippen LogP contribution in [0.3, 0.4) is 0 Å². The Balaban J connectivity index is 1.31. The van der Waals surface area contributed by atoms with E-state index in [4.69, 9.17) is 16.4 Å². The van der Waals surface area contributed by atoms with Crippen molar-refractivity contribution in [1.29, 1.82) is 0 Å². The van der Waals surface area contributed by atoms with Gasteiger partial charge in [-0.1, -0.05) is 22.8 Å². The van der Waals surface area contributed by atoms with Crippen LogP contribution in [0.25, 0.3) is 0 Å². The van der Waals surface area contributed by atoms with Crippen LogP contribution >= 0.6 is 22.2 Å². The molecule has 1 atom stereocenters. The molecule has 4 heterocycles. The molecule has 2 saturated heterocycles. The van der Waals surface area contributed by atoms with Crippen molar-refractivity contribution in [3.8, 4) is 0 Å². The molecular formula is C23H19ClF7N3O4S. The fourth-order valence-corrected chi connectivity index (χ4v) is 6.46. The van der Waals surface area contributed by atoms with E-state index < -0.39 is 68.6 Å². The van der Waals surface area contributed by atoms with E-state index in [1.807, 2.05) is 0 Å². The number of benzene rings is 1. The van der Waals surface area contributed by atoms with E-state index in [-0.39, 0.29) is 47.6 Å². The number of aromatic nitrogens is 1. The van der Waals surface area contributed by atoms with Crippen molar-refractivity contribution in [2.45, 2.75) is 30.0 Å². The fourth-order valence-electron chi connectivity index (χ4n) is 4.75. The van der Waals surface area contributed by atoms with Gasteiger partial charge in [0, 0.05) is 17.3 Å². The largest absolute Gasteiger partial charge is 0.435 e. The number of carbonyl (C=O) groups excluding carboxylic acids is 1. The van der Waals surface area contributed by atoms with Crippen molar-refractivity contribution in [1.82, 2.24) is 9.88 Å². The number of carbonyl (C=O) groups is 1. The Kier molecular flexibility index (Phi) is 6.40. The minimum atomic E-state index is -5.17. The highest BCUT2D eigenvalue weighted by atomic mass is 35.5. The van der Waals surface area contributed by atoms with Gasteiger partial charge < -0.3 is 9.74 Å². The minimum Gasteiger partial charge on any atom is -0.374 e. The number of pyridine rings is 1. The highest BCUT2D eigenvalue weighted by Crippen LogP contribution is 2.53. The molecule has 2 aromatic rings. The Hall–Kier alpha value is -2.62. The van der Waals surface area contributed by atoms with Gasteiger partial charge in [-0.25, -0.2) is 4.39 Å². The number of hydrogen-bond donors (Lipinski definition) is 2. The predicted octanol–water partition coefficient (Wildman–Crippen LogP) is 5.72. The third-order valence-corrected chi connectivity index (χ3v) is 9.16. The second-order valence-corrected chi connectivity index (χ2v) is 12.4. The summed E-state index contributed by atoms with van der Waals surface area (Å²) in [6, 6.07) is 4.24. The molecule has 3 aliphatic heterocycles. The highest BCUT2D eigenvalue weighted by molar-refractivity contribution is 8.25. The lowest BCUT2D eigenvalue weighted by molar-refractivity contribution is -0.276. The maximum atomic E-state index is 15.3. The Morgan fingerprint density at radius 2 is 1.77 bits per heavy atom. The molecule has 39 heavy (non-hydrogen) atoms. The molecule has 1 unspecified atom stereocenters. The third kappa shape index (κ3) is 4.83. The van der Waals surface area contributed by atoms with Crippen LogP contribution in [0.1, 0.15) is 28.8 Å². The van der Waals surface area contributed by atoms with E-state index in [0.29, 0.717) is 6.07 Å². The molecule has 1 aromatic heterocycles. The fraction of sp³-hybridized carbons (Fsp3) is 0.435. The summed E-state index contributed by atoms with van der Waals surface area (Å²) in [7, 11) is -2.73. The van der Waals surface area contributed by atoms with Gasteiger partial charge in [-0.15, -0.1) is 0 Å². The van der Waals surface area contributed by atoms with Crippen LogP contribution in [0.2, 0.25) is 5.02 Å². The summed E-state index contributed by atoms with van der Waals surface area (Å²) in [5.74, 6) is -1.11. The quantitative estimate of drug-likeness (QED) is 0.437. The van der Waals surface area contributed by atoms with Crippen LogP contribution < -0.4 is 0 Å². The summed E-state index contributed by atoms with van der Waals surface area (Å²) in [5, 5.41) is 2.71. The van der Waals surface area contributed by atoms with Crippen molar-refractivity contribution >= 4 is 33.8 Å². The van der Waals surface area contributed by atoms with E-state index >= 15 is 4.39 Å². The van der Waals surface area contributed by atoms with Gasteiger partial charge in [0.25, 0.3) is 5.60 Å². The third-order valence-electron chi connectivity index (χ3n) is 6.96. The van der Waals surface area contributed by atoms with Crippen molar-refractivity contribution in [2.75, 3.05) is 24.6 Å². The molecule has 0 bridgehead atoms. The van der Waals surface area contributed by atoms with Crippen LogP contribution in [0.4, 0.5) is 30.7 Å². The molecule has 2 N–H and O–H groups in total. The predicted molar refractivity (Wildman–Crippen MR) is 126 cm³/mol. The number of amides is 1. The van der Waals surface area contributed by atoms with E-state index in [1.54, 1.807) is 0 Å². The number of hydrogen-bond acceptors (Lipinski definition) is 6. The monoisotopic (exact) mass is 601 g/mol. The molecule has 1 aromatic carbocycles. The second kappa shape index (κ2) is 8.94. The van der Waals surface area contributed by atoms with Gasteiger partial charge in [-0.2, -0.15) is 36.9 Å². The second-order valence-electron chi connectivity index (χ2n) is 9.75. The normalized spacial score (nSPS) is 25.3. The number of alkyl halides is 7. The van der Waals surface area contributed by atoms with Gasteiger partial charge in [0.2, 0.25) is 5.91 Å². The van der Waals surface area contributed by atoms with Gasteiger partial charge in [0.05, 0.1) is 58.9 Å². The van der Waals surface area contributed by atoms with Gasteiger partial charge in [0.15, 0.2) is 5.67 Å². The summed E-state index contributed by atoms with van der Waals surface area (Å²) in [6.07, 6.45) is -10.1. The Bertz CT molecular complexity index is 1340. The topological polar surface area (TPSA) is 95.2 Å². The first-order valence-corrected chi connectivity index (χ1v) is 13.6. The molecule has 212 valence electrons. The lowest BCUT2D eigenvalue weighted by atomic mass is 9.85. The Morgan fingerprint density at radius 3 is 2.31 bits per heavy atom. The first kappa shape index (κ1) is 27.9. The summed E-state index contributed by atoms with van der Waals surface area (Å²) >= 11 is 5.55. The van der Waals surface area contributed by atoms with Crippen molar-refractivity contribution in [3.05, 3.63) is 63.9 Å². The zero-order valence-corrected chi connectivity index (χ0v) is 21.1. The zero-order chi connectivity index (χ0) is 28.6. The van der Waals surface area contributed by atoms with Crippen LogP contribution in [-0.4, -0.2) is 61.4 Å². The standard InChI is InChI=1S/C23H19ClF7N3O4S/c24-16-3-2-14(5-15(16)22(26,27)28)21(23(29,30)31)6-17(33-38-21)12-1-4-18(32-7-12)20(25)10-34(11-20)19(35)13-8-39(36,37)9-13/h1-5,7,13,36-37H,6,8-11H2. The lowest BCUT2D eigenvalue weighted by Crippen LogP contribution is -2.62. The van der Waals surface area contributed by atoms with E-state index in [2.05, 4.69) is 10.1 Å². The van der Waals surface area contributed by atoms with Crippen molar-refractivity contribution in [2.24, 2.45) is 11.1 Å². The maximum absolute atomic E-state index is 15.3. The number of nitrogens with zero attached hydrogens (tertiary/aromatic N) is 3. The number of rotatable bonds is 4. The molecule has 16 heteroatoms. The lowest BCUT2D eigenvalue weighted by Gasteiger charge is -2.51. The molecule has 2 fully saturated rings. The van der Waals surface area contributed by atoms with Crippen LogP contribution in [0.15, 0.2) is 41.7 Å². The van der Waals surface area contributed by atoms with E-state index in [1.165, 1.54) is 17.0 Å². The molecule has 0 radical (unpaired) electrons. The molecule has 0 aliphatic carbocycles. The van der Waals surface area contributed by atoms with Gasteiger partial charge in [-0.05, 0) is 24.3 Å². The summed E-state index contributed by atoms with van der Waals surface area (Å²) < 4.78 is 117. The van der Waals surface area contributed by atoms with Crippen molar-refractivity contribution in [3.63, 3.8) is 0 Å². The number of halogens is 8. The summed E-state index contributed by atoms with van der Waals surface area (Å²) in [6.45, 7) is -0.652. The van der Waals surface area contributed by atoms with Crippen LogP contribution in [0, 0.1) is 5.92 Å². The summed E-state index contributed by atoms with van der Waals surface area (Å²) in [5.41, 5.74) is -7.85. The zero-order valence-electron chi connectivity index (χ0n) is 19.6. The maximum Gasteiger partial charge on any atom is 0.435 e. The number of oxime groups is 1. The highest BCUT2D eigenvalue weighted by Gasteiger charge is 2.63. The Morgan fingerprint density at radius 1 is 1.10 bits per heavy atom. The van der Waals surface area contributed by atoms with Crippen molar-refractivity contribution < 1.29 is 49.5 Å². The number of likely N-dealkylation sites (tertiary alicyclic amines) is 1. The molecular weight excluding hydrogens is 583 g/mol.